The number of ether oxygens (including phenoxy) is 1. The van der Waals surface area contributed by atoms with Crippen molar-refractivity contribution in [1.82, 2.24) is 14.5 Å². The fourth-order valence-electron chi connectivity index (χ4n) is 3.00. The first-order valence-electron chi connectivity index (χ1n) is 8.09. The third-order valence-corrected chi connectivity index (χ3v) is 4.30. The van der Waals surface area contributed by atoms with Gasteiger partial charge in [-0.25, -0.2) is 4.98 Å². The van der Waals surface area contributed by atoms with Crippen LogP contribution in [-0.4, -0.2) is 40.1 Å². The number of aromatic nitrogens is 2. The molecule has 2 heterocycles. The van der Waals surface area contributed by atoms with Crippen LogP contribution in [0.25, 0.3) is 0 Å². The molecular weight excluding hydrogens is 290 g/mol. The number of likely N-dealkylation sites (tertiary alicyclic amines) is 1. The average molecular weight is 313 g/mol. The van der Waals surface area contributed by atoms with Gasteiger partial charge in [0, 0.05) is 32.3 Å². The van der Waals surface area contributed by atoms with E-state index in [2.05, 4.69) is 4.98 Å². The lowest BCUT2D eigenvalue weighted by molar-refractivity contribution is 0.0627. The summed E-state index contributed by atoms with van der Waals surface area (Å²) in [6, 6.07) is 8.04. The van der Waals surface area contributed by atoms with Crippen LogP contribution < -0.4 is 4.74 Å². The van der Waals surface area contributed by atoms with Crippen LogP contribution in [0.5, 0.6) is 5.75 Å². The molecule has 0 radical (unpaired) electrons. The number of hydrogen-bond acceptors (Lipinski definition) is 3. The monoisotopic (exact) mass is 313 g/mol. The molecule has 0 N–H and O–H groups in total. The van der Waals surface area contributed by atoms with Gasteiger partial charge in [0.15, 0.2) is 0 Å². The Bertz CT molecular complexity index is 680. The summed E-state index contributed by atoms with van der Waals surface area (Å²) in [6.45, 7) is 4.24. The van der Waals surface area contributed by atoms with Crippen LogP contribution in [-0.2, 0) is 7.05 Å². The van der Waals surface area contributed by atoms with E-state index in [0.717, 1.165) is 37.2 Å². The van der Waals surface area contributed by atoms with Crippen molar-refractivity contribution in [1.29, 1.82) is 0 Å². The zero-order valence-corrected chi connectivity index (χ0v) is 13.7. The minimum absolute atomic E-state index is 0.0196. The molecule has 122 valence electrons. The highest BCUT2D eigenvalue weighted by Crippen LogP contribution is 2.22. The Morgan fingerprint density at radius 1 is 1.39 bits per heavy atom. The molecule has 5 nitrogen and oxygen atoms in total. The van der Waals surface area contributed by atoms with E-state index >= 15 is 0 Å². The lowest BCUT2D eigenvalue weighted by Crippen LogP contribution is -2.41. The van der Waals surface area contributed by atoms with Gasteiger partial charge in [0.2, 0.25) is 0 Å². The number of aryl methyl sites for hydroxylation is 2. The second-order valence-electron chi connectivity index (χ2n) is 6.26. The van der Waals surface area contributed by atoms with E-state index in [1.807, 2.05) is 43.1 Å². The van der Waals surface area contributed by atoms with Crippen molar-refractivity contribution in [2.24, 2.45) is 13.0 Å². The largest absolute Gasteiger partial charge is 0.493 e. The molecule has 0 unspecified atom stereocenters. The highest BCUT2D eigenvalue weighted by molar-refractivity contribution is 5.92. The lowest BCUT2D eigenvalue weighted by atomic mass is 9.98. The lowest BCUT2D eigenvalue weighted by Gasteiger charge is -2.32. The number of amides is 1. The Morgan fingerprint density at radius 2 is 2.22 bits per heavy atom. The number of benzene rings is 1. The molecule has 2 aromatic rings. The zero-order valence-electron chi connectivity index (χ0n) is 13.7. The molecule has 1 saturated heterocycles. The second-order valence-corrected chi connectivity index (χ2v) is 6.26. The number of carbonyl (C=O) groups excluding carboxylic acids is 1. The van der Waals surface area contributed by atoms with Gasteiger partial charge in [0.05, 0.1) is 12.9 Å². The summed E-state index contributed by atoms with van der Waals surface area (Å²) < 4.78 is 7.76. The zero-order chi connectivity index (χ0) is 16.2. The van der Waals surface area contributed by atoms with Crippen molar-refractivity contribution in [2.45, 2.75) is 19.8 Å². The minimum atomic E-state index is 0.0196. The second kappa shape index (κ2) is 6.86. The number of piperidine rings is 1. The molecule has 23 heavy (non-hydrogen) atoms. The molecule has 3 rings (SSSR count). The molecule has 0 spiro atoms. The van der Waals surface area contributed by atoms with E-state index in [0.29, 0.717) is 18.2 Å². The van der Waals surface area contributed by atoms with Crippen LogP contribution in [0.2, 0.25) is 0 Å². The van der Waals surface area contributed by atoms with E-state index < -0.39 is 0 Å². The summed E-state index contributed by atoms with van der Waals surface area (Å²) in [6.07, 6.45) is 5.55. The molecule has 1 fully saturated rings. The van der Waals surface area contributed by atoms with Crippen LogP contribution in [0.4, 0.5) is 0 Å². The maximum atomic E-state index is 12.5. The molecule has 0 bridgehead atoms. The normalized spacial score (nSPS) is 18.0. The Hall–Kier alpha value is -2.30. The van der Waals surface area contributed by atoms with Crippen LogP contribution in [0.3, 0.4) is 0 Å². The summed E-state index contributed by atoms with van der Waals surface area (Å²) in [5.41, 5.74) is 1.66. The van der Waals surface area contributed by atoms with Crippen molar-refractivity contribution in [3.8, 4) is 5.75 Å². The van der Waals surface area contributed by atoms with Gasteiger partial charge in [-0.05, 0) is 31.4 Å². The smallest absolute Gasteiger partial charge is 0.274 e. The highest BCUT2D eigenvalue weighted by atomic mass is 16.5. The quantitative estimate of drug-likeness (QED) is 0.872. The molecule has 1 aliphatic rings. The Kier molecular flexibility index (Phi) is 4.65. The summed E-state index contributed by atoms with van der Waals surface area (Å²) >= 11 is 0. The van der Waals surface area contributed by atoms with Crippen LogP contribution in [0.15, 0.2) is 36.8 Å². The van der Waals surface area contributed by atoms with E-state index in [1.165, 1.54) is 0 Å². The number of hydrogen-bond donors (Lipinski definition) is 0. The molecule has 1 amide bonds. The van der Waals surface area contributed by atoms with Gasteiger partial charge in [0.25, 0.3) is 5.91 Å². The van der Waals surface area contributed by atoms with Crippen LogP contribution in [0, 0.1) is 12.8 Å². The van der Waals surface area contributed by atoms with E-state index in [1.54, 1.807) is 17.1 Å². The Balaban J connectivity index is 1.58. The van der Waals surface area contributed by atoms with Gasteiger partial charge in [-0.1, -0.05) is 18.2 Å². The first-order valence-corrected chi connectivity index (χ1v) is 8.09. The van der Waals surface area contributed by atoms with Crippen LogP contribution >= 0.6 is 0 Å². The fraction of sp³-hybridized carbons (Fsp3) is 0.444. The number of rotatable bonds is 4. The summed E-state index contributed by atoms with van der Waals surface area (Å²) in [5, 5.41) is 0. The number of carbonyl (C=O) groups is 1. The number of imidazole rings is 1. The molecule has 1 aromatic heterocycles. The summed E-state index contributed by atoms with van der Waals surface area (Å²) in [4.78, 5) is 18.6. The number of nitrogens with zero attached hydrogens (tertiary/aromatic N) is 3. The number of para-hydroxylation sites is 1. The SMILES string of the molecule is Cc1ccccc1OC[C@H]1CCCN(C(=O)c2cn(C)cn2)C1. The maximum absolute atomic E-state index is 12.5. The highest BCUT2D eigenvalue weighted by Gasteiger charge is 2.26. The molecule has 0 aliphatic carbocycles. The van der Waals surface area contributed by atoms with Gasteiger partial charge >= 0.3 is 0 Å². The topological polar surface area (TPSA) is 47.4 Å². The fourth-order valence-corrected chi connectivity index (χ4v) is 3.00. The third-order valence-electron chi connectivity index (χ3n) is 4.30. The van der Waals surface area contributed by atoms with Crippen LogP contribution in [0.1, 0.15) is 28.9 Å². The van der Waals surface area contributed by atoms with E-state index in [4.69, 9.17) is 4.74 Å². The molecule has 1 aromatic carbocycles. The Labute approximate surface area is 136 Å². The van der Waals surface area contributed by atoms with Gasteiger partial charge in [-0.15, -0.1) is 0 Å². The predicted molar refractivity (Wildman–Crippen MR) is 88.5 cm³/mol. The molecule has 5 heteroatoms. The van der Waals surface area contributed by atoms with Gasteiger partial charge in [-0.3, -0.25) is 4.79 Å². The average Bonchev–Trinajstić information content (AvgIpc) is 3.00. The molecule has 1 aliphatic heterocycles. The van der Waals surface area contributed by atoms with E-state index in [-0.39, 0.29) is 5.91 Å². The maximum Gasteiger partial charge on any atom is 0.274 e. The van der Waals surface area contributed by atoms with Gasteiger partial charge < -0.3 is 14.2 Å². The van der Waals surface area contributed by atoms with E-state index in [9.17, 15) is 4.79 Å². The molecular formula is C18H23N3O2. The van der Waals surface area contributed by atoms with Crippen molar-refractivity contribution >= 4 is 5.91 Å². The Morgan fingerprint density at radius 3 is 2.96 bits per heavy atom. The van der Waals surface area contributed by atoms with Crippen molar-refractivity contribution < 1.29 is 9.53 Å². The molecule has 1 atom stereocenters. The van der Waals surface area contributed by atoms with Gasteiger partial charge in [-0.2, -0.15) is 0 Å². The standard InChI is InChI=1S/C18H23N3O2/c1-14-6-3-4-8-17(14)23-12-15-7-5-9-21(10-15)18(22)16-11-20(2)13-19-16/h3-4,6,8,11,13,15H,5,7,9-10,12H2,1-2H3/t15-/m0/s1. The van der Waals surface area contributed by atoms with Crippen molar-refractivity contribution in [2.75, 3.05) is 19.7 Å². The summed E-state index contributed by atoms with van der Waals surface area (Å²) in [7, 11) is 1.87. The first-order chi connectivity index (χ1) is 11.1. The van der Waals surface area contributed by atoms with Gasteiger partial charge in [0.1, 0.15) is 11.4 Å². The van der Waals surface area contributed by atoms with Crippen molar-refractivity contribution in [3.05, 3.63) is 48.0 Å². The third kappa shape index (κ3) is 3.73. The predicted octanol–water partition coefficient (Wildman–Crippen LogP) is 2.66. The molecule has 0 saturated carbocycles. The van der Waals surface area contributed by atoms with Crippen molar-refractivity contribution in [3.63, 3.8) is 0 Å². The first kappa shape index (κ1) is 15.6. The minimum Gasteiger partial charge on any atom is -0.493 e. The summed E-state index contributed by atoms with van der Waals surface area (Å²) in [5.74, 6) is 1.32.